The third kappa shape index (κ3) is 5.31. The van der Waals surface area contributed by atoms with Gasteiger partial charge in [-0.15, -0.1) is 0 Å². The molecule has 1 heterocycles. The molecule has 27 heavy (non-hydrogen) atoms. The molecule has 144 valence electrons. The van der Waals surface area contributed by atoms with E-state index in [0.29, 0.717) is 25.7 Å². The van der Waals surface area contributed by atoms with Crippen molar-refractivity contribution in [2.24, 2.45) is 0 Å². The molecule has 2 N–H and O–H groups in total. The van der Waals surface area contributed by atoms with E-state index in [1.807, 2.05) is 24.3 Å². The summed E-state index contributed by atoms with van der Waals surface area (Å²) in [7, 11) is 0. The number of benzene rings is 2. The van der Waals surface area contributed by atoms with Crippen LogP contribution in [0.1, 0.15) is 36.5 Å². The van der Waals surface area contributed by atoms with Crippen LogP contribution in [0.15, 0.2) is 42.5 Å². The van der Waals surface area contributed by atoms with Gasteiger partial charge in [0, 0.05) is 18.8 Å². The predicted octanol–water partition coefficient (Wildman–Crippen LogP) is 3.62. The van der Waals surface area contributed by atoms with E-state index in [1.54, 1.807) is 0 Å². The SMILES string of the molecule is Cc1ccc(C(C)C)c(OCc2ccc(NC(=O)C3CNCCO3)cc2)c1. The van der Waals surface area contributed by atoms with E-state index in [4.69, 9.17) is 9.47 Å². The number of morpholine rings is 1. The van der Waals surface area contributed by atoms with E-state index in [2.05, 4.69) is 49.6 Å². The van der Waals surface area contributed by atoms with Crippen molar-refractivity contribution in [3.63, 3.8) is 0 Å². The number of ether oxygens (including phenoxy) is 2. The number of rotatable bonds is 6. The molecule has 1 fully saturated rings. The van der Waals surface area contributed by atoms with Gasteiger partial charge in [-0.3, -0.25) is 4.79 Å². The summed E-state index contributed by atoms with van der Waals surface area (Å²) in [5.41, 5.74) is 4.22. The predicted molar refractivity (Wildman–Crippen MR) is 107 cm³/mol. The molecule has 1 aliphatic rings. The number of hydrogen-bond acceptors (Lipinski definition) is 4. The van der Waals surface area contributed by atoms with Gasteiger partial charge in [-0.2, -0.15) is 0 Å². The summed E-state index contributed by atoms with van der Waals surface area (Å²) in [6, 6.07) is 14.1. The summed E-state index contributed by atoms with van der Waals surface area (Å²) >= 11 is 0. The van der Waals surface area contributed by atoms with Crippen LogP contribution in [-0.4, -0.2) is 31.7 Å². The van der Waals surface area contributed by atoms with Crippen molar-refractivity contribution >= 4 is 11.6 Å². The molecular weight excluding hydrogens is 340 g/mol. The first-order chi connectivity index (χ1) is 13.0. The van der Waals surface area contributed by atoms with Gasteiger partial charge in [0.25, 0.3) is 5.91 Å². The van der Waals surface area contributed by atoms with Gasteiger partial charge in [0.2, 0.25) is 0 Å². The number of carbonyl (C=O) groups excluding carboxylic acids is 1. The second-order valence-corrected chi connectivity index (χ2v) is 7.23. The van der Waals surface area contributed by atoms with Crippen LogP contribution in [0.3, 0.4) is 0 Å². The molecule has 3 rings (SSSR count). The summed E-state index contributed by atoms with van der Waals surface area (Å²) in [5, 5.41) is 6.06. The summed E-state index contributed by atoms with van der Waals surface area (Å²) in [6.45, 7) is 8.80. The average Bonchev–Trinajstić information content (AvgIpc) is 2.68. The maximum atomic E-state index is 12.2. The number of amides is 1. The first-order valence-electron chi connectivity index (χ1n) is 9.48. The van der Waals surface area contributed by atoms with Gasteiger partial charge in [-0.25, -0.2) is 0 Å². The van der Waals surface area contributed by atoms with Crippen molar-refractivity contribution < 1.29 is 14.3 Å². The Morgan fingerprint density at radius 2 is 2.04 bits per heavy atom. The van der Waals surface area contributed by atoms with Gasteiger partial charge >= 0.3 is 0 Å². The third-order valence-corrected chi connectivity index (χ3v) is 4.63. The van der Waals surface area contributed by atoms with E-state index in [9.17, 15) is 4.79 Å². The van der Waals surface area contributed by atoms with Crippen LogP contribution < -0.4 is 15.4 Å². The molecule has 0 bridgehead atoms. The Bertz CT molecular complexity index is 766. The smallest absolute Gasteiger partial charge is 0.254 e. The van der Waals surface area contributed by atoms with Gasteiger partial charge in [0.05, 0.1) is 6.61 Å². The van der Waals surface area contributed by atoms with Crippen LogP contribution in [0.2, 0.25) is 0 Å². The number of nitrogens with one attached hydrogen (secondary N) is 2. The highest BCUT2D eigenvalue weighted by molar-refractivity contribution is 5.94. The molecule has 5 heteroatoms. The summed E-state index contributed by atoms with van der Waals surface area (Å²) in [5.74, 6) is 1.23. The van der Waals surface area contributed by atoms with E-state index >= 15 is 0 Å². The maximum Gasteiger partial charge on any atom is 0.254 e. The molecule has 5 nitrogen and oxygen atoms in total. The summed E-state index contributed by atoms with van der Waals surface area (Å²) in [6.07, 6.45) is -0.433. The zero-order valence-corrected chi connectivity index (χ0v) is 16.2. The topological polar surface area (TPSA) is 59.6 Å². The van der Waals surface area contributed by atoms with Crippen LogP contribution in [0, 0.1) is 6.92 Å². The van der Waals surface area contributed by atoms with Gasteiger partial charge in [0.15, 0.2) is 0 Å². The van der Waals surface area contributed by atoms with Crippen LogP contribution in [0.4, 0.5) is 5.69 Å². The molecule has 0 aromatic heterocycles. The number of aryl methyl sites for hydroxylation is 1. The van der Waals surface area contributed by atoms with Gasteiger partial charge < -0.3 is 20.1 Å². The first-order valence-corrected chi connectivity index (χ1v) is 9.48. The Morgan fingerprint density at radius 1 is 1.26 bits per heavy atom. The number of hydrogen-bond donors (Lipinski definition) is 2. The van der Waals surface area contributed by atoms with Crippen LogP contribution >= 0.6 is 0 Å². The fourth-order valence-corrected chi connectivity index (χ4v) is 3.05. The van der Waals surface area contributed by atoms with Crippen LogP contribution in [0.25, 0.3) is 0 Å². The highest BCUT2D eigenvalue weighted by atomic mass is 16.5. The highest BCUT2D eigenvalue weighted by Crippen LogP contribution is 2.28. The third-order valence-electron chi connectivity index (χ3n) is 4.63. The van der Waals surface area contributed by atoms with Gasteiger partial charge in [-0.05, 0) is 47.7 Å². The maximum absolute atomic E-state index is 12.2. The minimum Gasteiger partial charge on any atom is -0.489 e. The lowest BCUT2D eigenvalue weighted by Gasteiger charge is -2.22. The number of carbonyl (C=O) groups is 1. The Balaban J connectivity index is 1.58. The average molecular weight is 368 g/mol. The fraction of sp³-hybridized carbons (Fsp3) is 0.409. The standard InChI is InChI=1S/C22H28N2O3/c1-15(2)19-9-4-16(3)12-20(19)27-14-17-5-7-18(8-6-17)24-22(25)21-13-23-10-11-26-21/h4-9,12,15,21,23H,10-11,13-14H2,1-3H3,(H,24,25). The second kappa shape index (κ2) is 9.02. The van der Waals surface area contributed by atoms with E-state index in [-0.39, 0.29) is 5.91 Å². The molecule has 0 saturated carbocycles. The number of anilines is 1. The van der Waals surface area contributed by atoms with Crippen LogP contribution in [0.5, 0.6) is 5.75 Å². The van der Waals surface area contributed by atoms with Crippen molar-refractivity contribution in [3.05, 3.63) is 59.2 Å². The van der Waals surface area contributed by atoms with E-state index < -0.39 is 6.10 Å². The second-order valence-electron chi connectivity index (χ2n) is 7.23. The summed E-state index contributed by atoms with van der Waals surface area (Å²) in [4.78, 5) is 12.2. The van der Waals surface area contributed by atoms with Crippen molar-refractivity contribution in [2.75, 3.05) is 25.0 Å². The largest absolute Gasteiger partial charge is 0.489 e. The minimum absolute atomic E-state index is 0.118. The molecule has 1 unspecified atom stereocenters. The summed E-state index contributed by atoms with van der Waals surface area (Å²) < 4.78 is 11.5. The first kappa shape index (κ1) is 19.4. The highest BCUT2D eigenvalue weighted by Gasteiger charge is 2.21. The van der Waals surface area contributed by atoms with Crippen molar-refractivity contribution in [2.45, 2.75) is 39.4 Å². The van der Waals surface area contributed by atoms with Crippen molar-refractivity contribution in [1.82, 2.24) is 5.32 Å². The lowest BCUT2D eigenvalue weighted by Crippen LogP contribution is -2.45. The molecule has 2 aromatic carbocycles. The molecular formula is C22H28N2O3. The Morgan fingerprint density at radius 3 is 2.70 bits per heavy atom. The van der Waals surface area contributed by atoms with Gasteiger partial charge in [0.1, 0.15) is 18.5 Å². The van der Waals surface area contributed by atoms with Crippen molar-refractivity contribution in [3.8, 4) is 5.75 Å². The molecule has 1 saturated heterocycles. The normalized spacial score (nSPS) is 17.0. The quantitative estimate of drug-likeness (QED) is 0.818. The molecule has 1 atom stereocenters. The Kier molecular flexibility index (Phi) is 6.48. The van der Waals surface area contributed by atoms with Crippen molar-refractivity contribution in [1.29, 1.82) is 0 Å². The monoisotopic (exact) mass is 368 g/mol. The molecule has 0 radical (unpaired) electrons. The molecule has 2 aromatic rings. The van der Waals surface area contributed by atoms with E-state index in [1.165, 1.54) is 11.1 Å². The van der Waals surface area contributed by atoms with E-state index in [0.717, 1.165) is 23.5 Å². The zero-order chi connectivity index (χ0) is 19.2. The lowest BCUT2D eigenvalue weighted by atomic mass is 10.0. The molecule has 0 spiro atoms. The molecule has 1 amide bonds. The minimum atomic E-state index is -0.433. The Hall–Kier alpha value is -2.37. The molecule has 0 aliphatic carbocycles. The van der Waals surface area contributed by atoms with Gasteiger partial charge in [-0.1, -0.05) is 38.1 Å². The fourth-order valence-electron chi connectivity index (χ4n) is 3.05. The lowest BCUT2D eigenvalue weighted by molar-refractivity contribution is -0.128. The molecule has 1 aliphatic heterocycles. The van der Waals surface area contributed by atoms with Crippen LogP contribution in [-0.2, 0) is 16.1 Å². The zero-order valence-electron chi connectivity index (χ0n) is 16.2. The Labute approximate surface area is 161 Å².